The molecule has 0 atom stereocenters. The van der Waals surface area contributed by atoms with Gasteiger partial charge in [-0.1, -0.05) is 28.4 Å². The van der Waals surface area contributed by atoms with Crippen molar-refractivity contribution in [2.75, 3.05) is 5.73 Å². The van der Waals surface area contributed by atoms with Gasteiger partial charge in [-0.25, -0.2) is 0 Å². The average molecular weight is 317 g/mol. The van der Waals surface area contributed by atoms with Gasteiger partial charge < -0.3 is 10.6 Å². The van der Waals surface area contributed by atoms with E-state index in [2.05, 4.69) is 14.5 Å². The van der Waals surface area contributed by atoms with Crippen LogP contribution in [0.2, 0.25) is 10.0 Å². The predicted octanol–water partition coefficient (Wildman–Crippen LogP) is 2.41. The summed E-state index contributed by atoms with van der Waals surface area (Å²) in [5.41, 5.74) is 5.35. The number of carbonyl (C=O) groups excluding carboxylic acids is 1. The second-order valence-corrected chi connectivity index (χ2v) is 4.82. The number of oxime groups is 1. The van der Waals surface area contributed by atoms with Crippen molar-refractivity contribution in [1.29, 1.82) is 0 Å². The van der Waals surface area contributed by atoms with Crippen molar-refractivity contribution < 1.29 is 9.63 Å². The zero-order chi connectivity index (χ0) is 13.8. The first-order chi connectivity index (χ1) is 9.10. The summed E-state index contributed by atoms with van der Waals surface area (Å²) in [5.74, 6) is 0.439. The minimum atomic E-state index is -0.0703. The van der Waals surface area contributed by atoms with Crippen molar-refractivity contribution in [3.8, 4) is 5.75 Å². The van der Waals surface area contributed by atoms with Crippen molar-refractivity contribution in [2.24, 2.45) is 5.16 Å². The molecule has 0 saturated heterocycles. The van der Waals surface area contributed by atoms with Gasteiger partial charge in [-0.2, -0.15) is 9.36 Å². The van der Waals surface area contributed by atoms with E-state index in [0.29, 0.717) is 22.1 Å². The molecule has 1 heterocycles. The SMILES string of the molecule is Nc1nc(C(C=O)=NOc2ccc(Cl)c(Cl)c2)ns1. The highest BCUT2D eigenvalue weighted by atomic mass is 35.5. The first-order valence-corrected chi connectivity index (χ1v) is 6.38. The molecule has 1 aromatic heterocycles. The number of nitrogens with two attached hydrogens (primary N) is 1. The molecule has 0 spiro atoms. The number of nitrogen functional groups attached to an aromatic ring is 1. The normalized spacial score (nSPS) is 11.4. The predicted molar refractivity (Wildman–Crippen MR) is 74.0 cm³/mol. The standard InChI is InChI=1S/C10H6Cl2N4O2S/c11-6-2-1-5(3-7(6)12)18-15-8(4-17)9-14-10(13)19-16-9/h1-4H,(H2,13,14,16). The van der Waals surface area contributed by atoms with E-state index in [1.807, 2.05) is 0 Å². The van der Waals surface area contributed by atoms with Crippen LogP contribution in [0, 0.1) is 0 Å². The second kappa shape index (κ2) is 5.96. The Bertz CT molecular complexity index is 644. The lowest BCUT2D eigenvalue weighted by Gasteiger charge is -2.00. The van der Waals surface area contributed by atoms with Gasteiger partial charge in [-0.05, 0) is 12.1 Å². The van der Waals surface area contributed by atoms with Crippen LogP contribution in [0.4, 0.5) is 5.13 Å². The summed E-state index contributed by atoms with van der Waals surface area (Å²) in [7, 11) is 0. The summed E-state index contributed by atoms with van der Waals surface area (Å²) >= 11 is 12.5. The van der Waals surface area contributed by atoms with Crippen LogP contribution in [0.15, 0.2) is 23.4 Å². The van der Waals surface area contributed by atoms with Crippen LogP contribution in [-0.4, -0.2) is 21.4 Å². The van der Waals surface area contributed by atoms with Crippen molar-refractivity contribution >= 4 is 51.9 Å². The number of aldehydes is 1. The molecule has 1 aromatic carbocycles. The van der Waals surface area contributed by atoms with Crippen LogP contribution >= 0.6 is 34.7 Å². The third-order valence-corrected chi connectivity index (χ3v) is 3.20. The molecule has 0 aliphatic carbocycles. The summed E-state index contributed by atoms with van der Waals surface area (Å²) in [5, 5.41) is 4.58. The van der Waals surface area contributed by atoms with E-state index in [-0.39, 0.29) is 16.7 Å². The maximum absolute atomic E-state index is 10.9. The molecule has 2 aromatic rings. The summed E-state index contributed by atoms with van der Waals surface area (Å²) in [4.78, 5) is 19.8. The van der Waals surface area contributed by atoms with Gasteiger partial charge in [0, 0.05) is 17.6 Å². The summed E-state index contributed by atoms with van der Waals surface area (Å²) < 4.78 is 3.85. The zero-order valence-corrected chi connectivity index (χ0v) is 11.5. The van der Waals surface area contributed by atoms with Gasteiger partial charge in [0.1, 0.15) is 0 Å². The van der Waals surface area contributed by atoms with E-state index in [9.17, 15) is 4.79 Å². The fourth-order valence-corrected chi connectivity index (χ4v) is 1.82. The minimum absolute atomic E-state index is 0.0703. The van der Waals surface area contributed by atoms with Crippen LogP contribution in [-0.2, 0) is 4.79 Å². The van der Waals surface area contributed by atoms with Gasteiger partial charge in [0.25, 0.3) is 0 Å². The van der Waals surface area contributed by atoms with Crippen molar-refractivity contribution in [2.45, 2.75) is 0 Å². The van der Waals surface area contributed by atoms with Crippen molar-refractivity contribution in [3.63, 3.8) is 0 Å². The molecule has 0 saturated carbocycles. The summed E-state index contributed by atoms with van der Waals surface area (Å²) in [6.45, 7) is 0. The highest BCUT2D eigenvalue weighted by Gasteiger charge is 2.10. The summed E-state index contributed by atoms with van der Waals surface area (Å²) in [6.07, 6.45) is 0.471. The number of benzene rings is 1. The minimum Gasteiger partial charge on any atom is -0.374 e. The molecule has 19 heavy (non-hydrogen) atoms. The average Bonchev–Trinajstić information content (AvgIpc) is 2.81. The van der Waals surface area contributed by atoms with Crippen molar-refractivity contribution in [3.05, 3.63) is 34.1 Å². The first kappa shape index (κ1) is 13.7. The number of carbonyl (C=O) groups is 1. The van der Waals surface area contributed by atoms with Crippen LogP contribution in [0.1, 0.15) is 5.82 Å². The molecule has 0 fully saturated rings. The Labute approximate surface area is 122 Å². The molecule has 0 radical (unpaired) electrons. The maximum Gasteiger partial charge on any atom is 0.200 e. The summed E-state index contributed by atoms with van der Waals surface area (Å²) in [6, 6.07) is 4.58. The molecule has 0 bridgehead atoms. The fourth-order valence-electron chi connectivity index (χ4n) is 1.09. The van der Waals surface area contributed by atoms with E-state index >= 15 is 0 Å². The molecule has 0 unspecified atom stereocenters. The van der Waals surface area contributed by atoms with Gasteiger partial charge >= 0.3 is 0 Å². The second-order valence-electron chi connectivity index (χ2n) is 3.22. The van der Waals surface area contributed by atoms with E-state index in [1.165, 1.54) is 6.07 Å². The van der Waals surface area contributed by atoms with Gasteiger partial charge in [-0.3, -0.25) is 4.79 Å². The molecule has 2 N–H and O–H groups in total. The Morgan fingerprint density at radius 1 is 1.42 bits per heavy atom. The maximum atomic E-state index is 10.9. The first-order valence-electron chi connectivity index (χ1n) is 4.85. The third-order valence-electron chi connectivity index (χ3n) is 1.92. The van der Waals surface area contributed by atoms with Crippen LogP contribution in [0.25, 0.3) is 0 Å². The molecule has 2 rings (SSSR count). The largest absolute Gasteiger partial charge is 0.374 e. The molecule has 9 heteroatoms. The van der Waals surface area contributed by atoms with Crippen molar-refractivity contribution in [1.82, 2.24) is 9.36 Å². The number of halogens is 2. The number of nitrogens with zero attached hydrogens (tertiary/aromatic N) is 3. The third kappa shape index (κ3) is 3.40. The quantitative estimate of drug-likeness (QED) is 0.531. The lowest BCUT2D eigenvalue weighted by atomic mass is 10.3. The van der Waals surface area contributed by atoms with E-state index in [0.717, 1.165) is 11.5 Å². The Hall–Kier alpha value is -1.70. The molecule has 6 nitrogen and oxygen atoms in total. The smallest absolute Gasteiger partial charge is 0.200 e. The van der Waals surface area contributed by atoms with Gasteiger partial charge in [0.05, 0.1) is 10.0 Å². The van der Waals surface area contributed by atoms with Crippen LogP contribution in [0.3, 0.4) is 0 Å². The lowest BCUT2D eigenvalue weighted by molar-refractivity contribution is -0.102. The van der Waals surface area contributed by atoms with Crippen LogP contribution in [0.5, 0.6) is 5.75 Å². The Morgan fingerprint density at radius 2 is 2.21 bits per heavy atom. The number of hydrogen-bond donors (Lipinski definition) is 1. The van der Waals surface area contributed by atoms with E-state index < -0.39 is 0 Å². The highest BCUT2D eigenvalue weighted by molar-refractivity contribution is 7.09. The molecular weight excluding hydrogens is 311 g/mol. The molecular formula is C10H6Cl2N4O2S. The highest BCUT2D eigenvalue weighted by Crippen LogP contribution is 2.26. The Kier molecular flexibility index (Phi) is 4.31. The topological polar surface area (TPSA) is 90.5 Å². The molecule has 98 valence electrons. The van der Waals surface area contributed by atoms with Gasteiger partial charge in [0.15, 0.2) is 28.7 Å². The molecule has 0 amide bonds. The van der Waals surface area contributed by atoms with Gasteiger partial charge in [-0.15, -0.1) is 0 Å². The zero-order valence-electron chi connectivity index (χ0n) is 9.21. The number of rotatable bonds is 4. The Morgan fingerprint density at radius 3 is 2.79 bits per heavy atom. The fraction of sp³-hybridized carbons (Fsp3) is 0. The number of hydrogen-bond acceptors (Lipinski definition) is 7. The van der Waals surface area contributed by atoms with Gasteiger partial charge in [0.2, 0.25) is 0 Å². The number of anilines is 1. The lowest BCUT2D eigenvalue weighted by Crippen LogP contribution is -2.07. The van der Waals surface area contributed by atoms with E-state index in [1.54, 1.807) is 12.1 Å². The van der Waals surface area contributed by atoms with E-state index in [4.69, 9.17) is 33.8 Å². The Balaban J connectivity index is 2.20. The van der Waals surface area contributed by atoms with Crippen LogP contribution < -0.4 is 10.6 Å². The number of aromatic nitrogens is 2. The molecule has 0 aliphatic rings. The molecule has 0 aliphatic heterocycles. The monoisotopic (exact) mass is 316 g/mol.